The van der Waals surface area contributed by atoms with Crippen molar-refractivity contribution in [3.05, 3.63) is 95.6 Å². The van der Waals surface area contributed by atoms with E-state index in [0.717, 1.165) is 90.7 Å². The number of benzene rings is 4. The number of fused-ring (bicyclic) bond motifs is 4. The van der Waals surface area contributed by atoms with Crippen molar-refractivity contribution in [2.45, 2.75) is 73.8 Å². The maximum Gasteiger partial charge on any atom is 0.309 e. The molecule has 0 spiro atoms. The van der Waals surface area contributed by atoms with Gasteiger partial charge in [-0.05, 0) is 93.6 Å². The molecule has 8 N–H and O–H groups in total. The Balaban J connectivity index is 0.000000220. The van der Waals surface area contributed by atoms with Gasteiger partial charge in [-0.1, -0.05) is 21.3 Å². The highest BCUT2D eigenvalue weighted by molar-refractivity contribution is 5.91. The van der Waals surface area contributed by atoms with Crippen LogP contribution in [0.3, 0.4) is 0 Å². The average Bonchev–Trinajstić information content (AvgIpc) is 4.07. The highest BCUT2D eigenvalue weighted by atomic mass is 16.5. The van der Waals surface area contributed by atoms with Gasteiger partial charge >= 0.3 is 5.97 Å². The van der Waals surface area contributed by atoms with Gasteiger partial charge in [0, 0.05) is 71.0 Å². The van der Waals surface area contributed by atoms with Crippen LogP contribution in [0.5, 0.6) is 23.0 Å². The van der Waals surface area contributed by atoms with E-state index in [1.807, 2.05) is 64.1 Å². The van der Waals surface area contributed by atoms with Gasteiger partial charge in [0.25, 0.3) is 0 Å². The number of methoxy groups -OCH3 is 3. The third kappa shape index (κ3) is 13.9. The van der Waals surface area contributed by atoms with Crippen molar-refractivity contribution in [1.82, 2.24) is 40.8 Å². The van der Waals surface area contributed by atoms with E-state index in [2.05, 4.69) is 45.8 Å². The van der Waals surface area contributed by atoms with Crippen molar-refractivity contribution >= 4 is 61.1 Å². The van der Waals surface area contributed by atoms with Gasteiger partial charge in [0.2, 0.25) is 0 Å². The number of aromatic nitrogens is 8. The van der Waals surface area contributed by atoms with E-state index in [1.54, 1.807) is 71.7 Å². The minimum absolute atomic E-state index is 0. The molecule has 4 aromatic carbocycles. The standard InChI is InChI=1S/C12H15N3O.C11H12N2O2.C10H13N3O.C10H10N2O3.C2H6.CH4/c1-8(13-2)6-12-10-7-9(16-3)4-5-11(10)14-15-12;1-7(14)5-11-9-6-8(15-2)3-4-10(9)12-13-11;1-6(11)4-10-8-5-7(14)2-3-9(8)12-13-10;1-15-6-2-3-8-7(4-6)9(12-11-8)5-10(13)14;1-2;/h4-5,7H,6H2,1-3H3,(H,14,15);3-4,6H,5H2,1-2H3,(H,12,13);2-3,5-6,14H,4,11H2,1H3,(H,12,13);2-4H,5H2,1H3,(H,11,12)(H,13,14);1-2H3;1H4. The van der Waals surface area contributed by atoms with Crippen LogP contribution in [-0.4, -0.2) is 103 Å². The third-order valence-corrected chi connectivity index (χ3v) is 9.23. The zero-order valence-electron chi connectivity index (χ0n) is 36.6. The second kappa shape index (κ2) is 24.2. The highest BCUT2D eigenvalue weighted by Crippen LogP contribution is 2.25. The molecule has 0 aliphatic rings. The molecule has 17 heteroatoms. The second-order valence-electron chi connectivity index (χ2n) is 13.9. The Hall–Kier alpha value is -7.27. The van der Waals surface area contributed by atoms with Gasteiger partial charge in [0.15, 0.2) is 0 Å². The fourth-order valence-corrected chi connectivity index (χ4v) is 6.18. The van der Waals surface area contributed by atoms with Crippen LogP contribution in [0.25, 0.3) is 43.6 Å². The topological polar surface area (TPSA) is 255 Å². The molecule has 63 heavy (non-hydrogen) atoms. The number of aliphatic imine (C=N–C) groups is 1. The maximum absolute atomic E-state index is 11.0. The molecule has 0 radical (unpaired) electrons. The number of hydrogen-bond acceptors (Lipinski definition) is 12. The lowest BCUT2D eigenvalue weighted by molar-refractivity contribution is -0.136. The largest absolute Gasteiger partial charge is 0.508 e. The molecule has 8 rings (SSSR count). The number of ketones is 1. The summed E-state index contributed by atoms with van der Waals surface area (Å²) in [5.41, 5.74) is 13.7. The summed E-state index contributed by atoms with van der Waals surface area (Å²) < 4.78 is 15.4. The van der Waals surface area contributed by atoms with E-state index in [0.29, 0.717) is 17.9 Å². The Morgan fingerprint density at radius 1 is 0.635 bits per heavy atom. The number of carboxylic acid groups (broad SMARTS) is 1. The van der Waals surface area contributed by atoms with Crippen molar-refractivity contribution in [2.75, 3.05) is 28.4 Å². The summed E-state index contributed by atoms with van der Waals surface area (Å²) in [5.74, 6) is 1.79. The van der Waals surface area contributed by atoms with Gasteiger partial charge in [-0.2, -0.15) is 20.4 Å². The van der Waals surface area contributed by atoms with Crippen molar-refractivity contribution in [3.63, 3.8) is 0 Å². The Bertz CT molecular complexity index is 2630. The molecule has 0 amide bonds. The van der Waals surface area contributed by atoms with Gasteiger partial charge in [0.05, 0.1) is 61.2 Å². The molecule has 0 bridgehead atoms. The summed E-state index contributed by atoms with van der Waals surface area (Å²) in [6, 6.07) is 22.0. The summed E-state index contributed by atoms with van der Waals surface area (Å²) in [7, 11) is 6.65. The summed E-state index contributed by atoms with van der Waals surface area (Å²) in [4.78, 5) is 25.8. The van der Waals surface area contributed by atoms with E-state index in [-0.39, 0.29) is 31.4 Å². The minimum atomic E-state index is -0.886. The number of H-pyrrole nitrogens is 4. The van der Waals surface area contributed by atoms with Crippen molar-refractivity contribution in [1.29, 1.82) is 0 Å². The number of aromatic amines is 4. The first-order chi connectivity index (χ1) is 29.8. The van der Waals surface area contributed by atoms with Gasteiger partial charge in [-0.3, -0.25) is 35.0 Å². The highest BCUT2D eigenvalue weighted by Gasteiger charge is 2.11. The fraction of sp³-hybridized carbons (Fsp3) is 0.326. The molecule has 0 fully saturated rings. The fourth-order valence-electron chi connectivity index (χ4n) is 6.18. The van der Waals surface area contributed by atoms with E-state index >= 15 is 0 Å². The smallest absolute Gasteiger partial charge is 0.309 e. The molecule has 0 saturated carbocycles. The lowest BCUT2D eigenvalue weighted by Crippen LogP contribution is -2.18. The number of rotatable bonds is 11. The number of hydrogen-bond donors (Lipinski definition) is 7. The van der Waals surface area contributed by atoms with Gasteiger partial charge in [-0.25, -0.2) is 0 Å². The zero-order chi connectivity index (χ0) is 45.3. The number of phenols is 1. The number of nitrogens with two attached hydrogens (primary N) is 1. The normalized spacial score (nSPS) is 11.1. The number of aliphatic carboxylic acids is 1. The molecule has 0 saturated heterocycles. The minimum Gasteiger partial charge on any atom is -0.508 e. The van der Waals surface area contributed by atoms with E-state index in [1.165, 1.54) is 0 Å². The molecule has 0 aliphatic heterocycles. The molecular formula is C46H60N10O7. The van der Waals surface area contributed by atoms with Crippen molar-refractivity contribution < 1.29 is 34.0 Å². The number of nitrogens with zero attached hydrogens (tertiary/aromatic N) is 5. The molecule has 8 aromatic rings. The molecule has 1 unspecified atom stereocenters. The molecule has 0 aliphatic carbocycles. The summed E-state index contributed by atoms with van der Waals surface area (Å²) >= 11 is 0. The van der Waals surface area contributed by atoms with Crippen LogP contribution < -0.4 is 19.9 Å². The van der Waals surface area contributed by atoms with Crippen LogP contribution in [0.1, 0.15) is 64.8 Å². The molecule has 17 nitrogen and oxygen atoms in total. The average molecular weight is 865 g/mol. The Morgan fingerprint density at radius 3 is 1.37 bits per heavy atom. The van der Waals surface area contributed by atoms with Crippen LogP contribution in [0, 0.1) is 0 Å². The van der Waals surface area contributed by atoms with E-state index in [4.69, 9.17) is 25.1 Å². The van der Waals surface area contributed by atoms with Gasteiger partial charge < -0.3 is 30.2 Å². The lowest BCUT2D eigenvalue weighted by atomic mass is 10.1. The SMILES string of the molecule is C.CC.CC(N)Cc1[nH]nc2ccc(O)cc12.CN=C(C)Cc1[nH]nc2ccc(OC)cc12.COc1ccc2n[nH]c(CC(=O)O)c2c1.COc1ccc2n[nH]c(CC(C)=O)c2c1. The van der Waals surface area contributed by atoms with Gasteiger partial charge in [-0.15, -0.1) is 0 Å². The van der Waals surface area contributed by atoms with Crippen LogP contribution in [0.15, 0.2) is 77.8 Å². The number of aromatic hydroxyl groups is 1. The molecule has 1 atom stereocenters. The Kier molecular flexibility index (Phi) is 19.3. The van der Waals surface area contributed by atoms with Crippen molar-refractivity contribution in [3.8, 4) is 23.0 Å². The zero-order valence-corrected chi connectivity index (χ0v) is 36.6. The third-order valence-electron chi connectivity index (χ3n) is 9.23. The first-order valence-corrected chi connectivity index (χ1v) is 19.9. The van der Waals surface area contributed by atoms with Crippen molar-refractivity contribution in [2.24, 2.45) is 10.7 Å². The van der Waals surface area contributed by atoms with Crippen LogP contribution in [0.4, 0.5) is 0 Å². The number of carbonyl (C=O) groups is 2. The first-order valence-electron chi connectivity index (χ1n) is 19.9. The lowest BCUT2D eigenvalue weighted by Gasteiger charge is -2.02. The number of carbonyl (C=O) groups excluding carboxylic acids is 1. The quantitative estimate of drug-likeness (QED) is 0.0612. The number of nitrogens with one attached hydrogen (secondary N) is 4. The monoisotopic (exact) mass is 864 g/mol. The number of ether oxygens (including phenoxy) is 3. The first kappa shape index (κ1) is 50.1. The molecule has 336 valence electrons. The Morgan fingerprint density at radius 2 is 1.00 bits per heavy atom. The molecular weight excluding hydrogens is 805 g/mol. The van der Waals surface area contributed by atoms with E-state index < -0.39 is 5.97 Å². The summed E-state index contributed by atoms with van der Waals surface area (Å²) in [6.45, 7) is 9.51. The number of Topliss-reactive ketones (excluding diaryl/α,β-unsaturated/α-hetero) is 1. The molecule has 4 aromatic heterocycles. The molecule has 4 heterocycles. The van der Waals surface area contributed by atoms with Crippen LogP contribution >= 0.6 is 0 Å². The predicted molar refractivity (Wildman–Crippen MR) is 250 cm³/mol. The van der Waals surface area contributed by atoms with Gasteiger partial charge in [0.1, 0.15) is 28.8 Å². The van der Waals surface area contributed by atoms with Crippen LogP contribution in [-0.2, 0) is 35.3 Å². The number of phenolic OH excluding ortho intramolecular Hbond substituents is 1. The van der Waals surface area contributed by atoms with Crippen LogP contribution in [0.2, 0.25) is 0 Å². The Labute approximate surface area is 366 Å². The second-order valence-corrected chi connectivity index (χ2v) is 13.9. The summed E-state index contributed by atoms with van der Waals surface area (Å²) in [6.07, 6.45) is 1.84. The maximum atomic E-state index is 11.0. The predicted octanol–water partition coefficient (Wildman–Crippen LogP) is 7.93. The van der Waals surface area contributed by atoms with E-state index in [9.17, 15) is 14.7 Å². The summed E-state index contributed by atoms with van der Waals surface area (Å²) in [5, 5.41) is 49.8. The number of carboxylic acids is 1.